The van der Waals surface area contributed by atoms with Crippen LogP contribution in [0.5, 0.6) is 0 Å². The third-order valence-corrected chi connectivity index (χ3v) is 19.9. The van der Waals surface area contributed by atoms with Gasteiger partial charge in [-0.2, -0.15) is 0 Å². The Balaban J connectivity index is 1.91. The number of carboxylic acids is 4. The first kappa shape index (κ1) is 108. The molecule has 126 heavy (non-hydrogen) atoms. The van der Waals surface area contributed by atoms with E-state index in [1.165, 1.54) is 19.1 Å². The van der Waals surface area contributed by atoms with Crippen LogP contribution >= 0.6 is 0 Å². The molecule has 0 saturated carbocycles. The minimum atomic E-state index is -2.03. The lowest BCUT2D eigenvalue weighted by Gasteiger charge is -2.32. The topological polar surface area (TPSA) is 730 Å². The van der Waals surface area contributed by atoms with Crippen LogP contribution in [0.15, 0.2) is 60.7 Å². The van der Waals surface area contributed by atoms with Crippen LogP contribution in [0.1, 0.15) is 157 Å². The standard InChI is InChI=1S/C81H125N17O28/c1-39(2)32-51(87-74(118)56(37-99)92-70(114)52(34-46-20-13-11-14-21-46)89-75(119)57(38-100)93-78(122)64(44(9)102)97-79(123)65(45(10)103)95-69(113)50(27-29-60(106)107)84-66(110)42(7)83)72(116)96-63(43(8)101)77(121)86-48(24-17-18-30-82)67(111)88-53(35-47-22-15-12-16-23-47)73(117)94-62(41(5)6)80(124)98-31-19-25-58(98)76(120)90-54(36-61(108)109)71(115)85-49(26-28-59(104)105)68(112)91-55(81(125)126)33-40(3)4/h11-16,20-23,39-45,48-58,62-65,99-103H,17-19,24-38,82-83H2,1-10H3,(H,84,110)(H,85,115)(H,86,121)(H,87,118)(H,88,111)(H,89,119)(H,90,120)(H,91,112)(H,92,114)(H,93,122)(H,94,117)(H,95,113)(H,96,116)(H,97,123)(H,104,105)(H,106,107)(H,108,109)(H,125,126)/t42-,43+,44+,45+,48-,49-,50-,51-,52-,53-,54-,55-,56-,57-,58-,62-,63-,64-,65-/m0/s1. The second-order valence-corrected chi connectivity index (χ2v) is 32.1. The highest BCUT2D eigenvalue weighted by molar-refractivity contribution is 6.02. The lowest BCUT2D eigenvalue weighted by atomic mass is 9.99. The Morgan fingerprint density at radius 3 is 1.12 bits per heavy atom. The Hall–Kier alpha value is -11.9. The number of likely N-dealkylation sites (tertiary alicyclic amines) is 1. The zero-order valence-electron chi connectivity index (χ0n) is 72.1. The maximum absolute atomic E-state index is 14.8. The maximum Gasteiger partial charge on any atom is 0.326 e. The van der Waals surface area contributed by atoms with Gasteiger partial charge in [0.05, 0.1) is 44.0 Å². The van der Waals surface area contributed by atoms with E-state index in [0.29, 0.717) is 11.1 Å². The molecular weight excluding hydrogens is 1660 g/mol. The molecule has 1 aliphatic rings. The maximum atomic E-state index is 14.8. The summed E-state index contributed by atoms with van der Waals surface area (Å²) in [6.07, 6.45) is -9.41. The number of benzene rings is 2. The number of unbranched alkanes of at least 4 members (excludes halogenated alkanes) is 1. The summed E-state index contributed by atoms with van der Waals surface area (Å²) in [6.45, 7) is 11.8. The summed E-state index contributed by atoms with van der Waals surface area (Å²) >= 11 is 0. The summed E-state index contributed by atoms with van der Waals surface area (Å²) in [5.74, 6) is -24.2. The van der Waals surface area contributed by atoms with E-state index in [0.717, 1.165) is 25.7 Å². The number of rotatable bonds is 56. The van der Waals surface area contributed by atoms with E-state index in [-0.39, 0.29) is 76.8 Å². The van der Waals surface area contributed by atoms with Crippen molar-refractivity contribution < 1.29 is 137 Å². The molecule has 3 rings (SSSR count). The predicted molar refractivity (Wildman–Crippen MR) is 445 cm³/mol. The second kappa shape index (κ2) is 54.1. The zero-order valence-corrected chi connectivity index (χ0v) is 72.1. The third kappa shape index (κ3) is 37.1. The molecule has 27 N–H and O–H groups in total. The largest absolute Gasteiger partial charge is 0.481 e. The number of amides is 15. The van der Waals surface area contributed by atoms with Crippen molar-refractivity contribution in [1.82, 2.24) is 79.3 Å². The van der Waals surface area contributed by atoms with Gasteiger partial charge in [-0.05, 0) is 121 Å². The summed E-state index contributed by atoms with van der Waals surface area (Å²) in [5, 5.41) is 125. The van der Waals surface area contributed by atoms with Crippen molar-refractivity contribution in [2.24, 2.45) is 29.2 Å². The summed E-state index contributed by atoms with van der Waals surface area (Å²) < 4.78 is 0. The SMILES string of the molecule is CC(C)C[C@H](NC(=O)[C@H](CCC(=O)O)NC(=O)[C@H](CC(=O)O)NC(=O)[C@@H]1CCCN1C(=O)[C@@H](NC(=O)[C@H](Cc1ccccc1)NC(=O)[C@H](CCCCN)NC(=O)[C@@H](NC(=O)[C@H](CC(C)C)NC(=O)[C@H](CO)NC(=O)[C@H](Cc1ccccc1)NC(=O)[C@H](CO)NC(=O)[C@@H](NC(=O)[C@@H](NC(=O)[C@H](CCC(=O)O)NC(=O)[C@H](C)N)[C@@H](C)O)[C@@H](C)O)[C@@H](C)O)C(C)C)C(=O)O. The van der Waals surface area contributed by atoms with E-state index < -0.39 is 285 Å². The smallest absolute Gasteiger partial charge is 0.326 e. The average Bonchev–Trinajstić information content (AvgIpc) is 1.62. The normalized spacial score (nSPS) is 16.8. The zero-order chi connectivity index (χ0) is 95.1. The van der Waals surface area contributed by atoms with Gasteiger partial charge >= 0.3 is 23.9 Å². The van der Waals surface area contributed by atoms with E-state index in [1.54, 1.807) is 90.1 Å². The number of nitrogens with one attached hydrogen (secondary N) is 14. The van der Waals surface area contributed by atoms with Crippen molar-refractivity contribution in [3.63, 3.8) is 0 Å². The fraction of sp³-hybridized carbons (Fsp3) is 0.617. The van der Waals surface area contributed by atoms with Gasteiger partial charge in [0.25, 0.3) is 0 Å². The Morgan fingerprint density at radius 1 is 0.381 bits per heavy atom. The van der Waals surface area contributed by atoms with Crippen LogP contribution in [0.4, 0.5) is 0 Å². The summed E-state index contributed by atoms with van der Waals surface area (Å²) in [6, 6.07) is -11.1. The Bertz CT molecular complexity index is 4040. The Labute approximate surface area is 727 Å². The van der Waals surface area contributed by atoms with Crippen LogP contribution in [0.3, 0.4) is 0 Å². The summed E-state index contributed by atoms with van der Waals surface area (Å²) in [4.78, 5) is 259. The van der Waals surface area contributed by atoms with Gasteiger partial charge in [0, 0.05) is 32.2 Å². The molecule has 0 radical (unpaired) electrons. The molecular formula is C81H125N17O28. The quantitative estimate of drug-likeness (QED) is 0.0274. The van der Waals surface area contributed by atoms with E-state index in [2.05, 4.69) is 74.4 Å². The van der Waals surface area contributed by atoms with Gasteiger partial charge < -0.3 is 137 Å². The molecule has 0 aliphatic carbocycles. The number of carboxylic acid groups (broad SMARTS) is 4. The molecule has 1 fully saturated rings. The molecule has 1 saturated heterocycles. The van der Waals surface area contributed by atoms with Gasteiger partial charge in [0.1, 0.15) is 90.6 Å². The van der Waals surface area contributed by atoms with Gasteiger partial charge in [-0.3, -0.25) is 86.3 Å². The molecule has 45 heteroatoms. The van der Waals surface area contributed by atoms with Crippen molar-refractivity contribution >= 4 is 112 Å². The lowest BCUT2D eigenvalue weighted by molar-refractivity contribution is -0.145. The van der Waals surface area contributed by atoms with Crippen molar-refractivity contribution in [1.29, 1.82) is 0 Å². The van der Waals surface area contributed by atoms with Crippen LogP contribution in [0.25, 0.3) is 0 Å². The number of aliphatic hydroxyl groups excluding tert-OH is 5. The molecule has 0 unspecified atom stereocenters. The molecule has 45 nitrogen and oxygen atoms in total. The summed E-state index contributed by atoms with van der Waals surface area (Å²) in [7, 11) is 0. The number of hydrogen-bond donors (Lipinski definition) is 25. The summed E-state index contributed by atoms with van der Waals surface area (Å²) in [5.41, 5.74) is 12.3. The lowest BCUT2D eigenvalue weighted by Crippen LogP contribution is -2.64. The fourth-order valence-electron chi connectivity index (χ4n) is 13.1. The fourth-order valence-corrected chi connectivity index (χ4v) is 13.1. The van der Waals surface area contributed by atoms with Crippen LogP contribution in [-0.2, 0) is 104 Å². The van der Waals surface area contributed by atoms with E-state index >= 15 is 0 Å². The van der Waals surface area contributed by atoms with Gasteiger partial charge in [-0.15, -0.1) is 0 Å². The highest BCUT2D eigenvalue weighted by atomic mass is 16.4. The van der Waals surface area contributed by atoms with Gasteiger partial charge in [0.15, 0.2) is 0 Å². The van der Waals surface area contributed by atoms with Crippen LogP contribution in [0, 0.1) is 17.8 Å². The first-order chi connectivity index (χ1) is 59.1. The second-order valence-electron chi connectivity index (χ2n) is 32.1. The van der Waals surface area contributed by atoms with Crippen LogP contribution < -0.4 is 85.9 Å². The van der Waals surface area contributed by atoms with E-state index in [9.17, 15) is 137 Å². The van der Waals surface area contributed by atoms with Gasteiger partial charge in [0.2, 0.25) is 88.6 Å². The minimum Gasteiger partial charge on any atom is -0.481 e. The van der Waals surface area contributed by atoms with Gasteiger partial charge in [-0.1, -0.05) is 102 Å². The van der Waals surface area contributed by atoms with Crippen molar-refractivity contribution in [3.8, 4) is 0 Å². The molecule has 15 amide bonds. The van der Waals surface area contributed by atoms with Crippen molar-refractivity contribution in [2.75, 3.05) is 26.3 Å². The van der Waals surface area contributed by atoms with Gasteiger partial charge in [-0.25, -0.2) is 4.79 Å². The van der Waals surface area contributed by atoms with Crippen molar-refractivity contribution in [2.45, 2.75) is 274 Å². The first-order valence-corrected chi connectivity index (χ1v) is 41.4. The number of aliphatic carboxylic acids is 4. The Morgan fingerprint density at radius 2 is 0.714 bits per heavy atom. The molecule has 0 aromatic heterocycles. The predicted octanol–water partition coefficient (Wildman–Crippen LogP) is -7.11. The minimum absolute atomic E-state index is 0.0491. The van der Waals surface area contributed by atoms with E-state index in [4.69, 9.17) is 11.5 Å². The van der Waals surface area contributed by atoms with Crippen LogP contribution in [0.2, 0.25) is 0 Å². The average molecular weight is 1780 g/mol. The van der Waals surface area contributed by atoms with E-state index in [1.807, 2.05) is 0 Å². The molecule has 1 aliphatic heterocycles. The van der Waals surface area contributed by atoms with Crippen molar-refractivity contribution in [3.05, 3.63) is 71.8 Å². The molecule has 2 aromatic carbocycles. The monoisotopic (exact) mass is 1780 g/mol. The molecule has 2 aromatic rings. The molecule has 0 spiro atoms. The highest BCUT2D eigenvalue weighted by Crippen LogP contribution is 2.23. The number of nitrogens with zero attached hydrogens (tertiary/aromatic N) is 1. The van der Waals surface area contributed by atoms with Crippen LogP contribution in [-0.4, -0.2) is 305 Å². The number of nitrogens with two attached hydrogens (primary N) is 2. The Kier molecular flexibility index (Phi) is 46.5. The molecule has 1 heterocycles. The third-order valence-electron chi connectivity index (χ3n) is 19.9. The molecule has 19 atom stereocenters. The molecule has 0 bridgehead atoms. The number of aliphatic hydroxyl groups is 5. The number of hydrogen-bond acceptors (Lipinski definition) is 26. The molecule has 702 valence electrons. The number of carbonyl (C=O) groups excluding carboxylic acids is 15. The number of carbonyl (C=O) groups is 19. The first-order valence-electron chi connectivity index (χ1n) is 41.4. The highest BCUT2D eigenvalue weighted by Gasteiger charge is 2.44.